The summed E-state index contributed by atoms with van der Waals surface area (Å²) in [4.78, 5) is 10.9. The van der Waals surface area contributed by atoms with E-state index in [4.69, 9.17) is 0 Å². The maximum atomic E-state index is 10.9. The predicted molar refractivity (Wildman–Crippen MR) is 112 cm³/mol. The summed E-state index contributed by atoms with van der Waals surface area (Å²) in [5.74, 6) is 0.822. The second-order valence-electron chi connectivity index (χ2n) is 4.67. The summed E-state index contributed by atoms with van der Waals surface area (Å²) in [7, 11) is 2.66. The highest BCUT2D eigenvalue weighted by Crippen LogP contribution is 2.08. The lowest BCUT2D eigenvalue weighted by atomic mass is 10.0. The number of hydrogen-bond acceptors (Lipinski definition) is 1. The summed E-state index contributed by atoms with van der Waals surface area (Å²) < 4.78 is 0. The van der Waals surface area contributed by atoms with E-state index < -0.39 is 0 Å². The Morgan fingerprint density at radius 2 is 1.61 bits per heavy atom. The number of carbonyl (C=O) groups excluding carboxylic acids is 1. The van der Waals surface area contributed by atoms with Crippen LogP contribution in [-0.4, -0.2) is 5.78 Å². The van der Waals surface area contributed by atoms with Gasteiger partial charge in [-0.2, -0.15) is 0 Å². The van der Waals surface area contributed by atoms with E-state index in [0.717, 1.165) is 12.8 Å². The minimum absolute atomic E-state index is 0.233. The van der Waals surface area contributed by atoms with Crippen LogP contribution < -0.4 is 5.30 Å². The van der Waals surface area contributed by atoms with Gasteiger partial charge in [0.2, 0.25) is 0 Å². The zero-order valence-corrected chi connectivity index (χ0v) is 17.8. The van der Waals surface area contributed by atoms with Crippen molar-refractivity contribution in [2.45, 2.75) is 74.7 Å². The molecule has 0 aromatic heterocycles. The van der Waals surface area contributed by atoms with Crippen LogP contribution in [0.15, 0.2) is 36.4 Å². The molecule has 2 heteroatoms. The highest BCUT2D eigenvalue weighted by Gasteiger charge is 1.97. The van der Waals surface area contributed by atoms with Crippen molar-refractivity contribution in [2.75, 3.05) is 0 Å². The molecule has 1 atom stereocenters. The van der Waals surface area contributed by atoms with Crippen LogP contribution in [0.1, 0.15) is 73.3 Å². The van der Waals surface area contributed by atoms with Crippen molar-refractivity contribution in [3.8, 4) is 0 Å². The molecule has 23 heavy (non-hydrogen) atoms. The molecule has 0 aliphatic carbocycles. The maximum absolute atomic E-state index is 10.9. The van der Waals surface area contributed by atoms with E-state index in [1.807, 2.05) is 40.7 Å². The molecule has 0 spiro atoms. The fourth-order valence-electron chi connectivity index (χ4n) is 1.59. The Labute approximate surface area is 148 Å². The third kappa shape index (κ3) is 19.0. The minimum Gasteiger partial charge on any atom is -0.295 e. The molecule has 0 aliphatic rings. The predicted octanol–water partition coefficient (Wildman–Crippen LogP) is 6.51. The third-order valence-corrected chi connectivity index (χ3v) is 3.35. The fourth-order valence-corrected chi connectivity index (χ4v) is 1.97. The van der Waals surface area contributed by atoms with Gasteiger partial charge in [-0.1, -0.05) is 84.4 Å². The highest BCUT2D eigenvalue weighted by atomic mass is 31.0. The molecule has 1 nitrogen and oxygen atoms in total. The largest absolute Gasteiger partial charge is 0.295 e. The van der Waals surface area contributed by atoms with Gasteiger partial charge >= 0.3 is 0 Å². The molecule has 1 aromatic rings. The van der Waals surface area contributed by atoms with Crippen LogP contribution in [-0.2, 0) is 4.79 Å². The number of benzene rings is 1. The first-order valence-corrected chi connectivity index (χ1v) is 9.64. The van der Waals surface area contributed by atoms with Gasteiger partial charge in [0.15, 0.2) is 5.78 Å². The number of carbonyl (C=O) groups is 1. The minimum atomic E-state index is 0.233. The molecule has 1 aromatic carbocycles. The van der Waals surface area contributed by atoms with Crippen LogP contribution in [0.4, 0.5) is 0 Å². The van der Waals surface area contributed by atoms with Crippen LogP contribution in [0, 0.1) is 12.8 Å². The number of allylic oxidation sites excluding steroid dienone is 2. The molecule has 0 radical (unpaired) electrons. The average molecular weight is 339 g/mol. The molecule has 1 rings (SSSR count). The van der Waals surface area contributed by atoms with E-state index in [2.05, 4.69) is 54.3 Å². The Hall–Kier alpha value is -0.940. The summed E-state index contributed by atoms with van der Waals surface area (Å²) in [6, 6.07) is 8.34. The maximum Gasteiger partial charge on any atom is 0.155 e. The summed E-state index contributed by atoms with van der Waals surface area (Å²) in [6.45, 7) is 16.3. The first-order chi connectivity index (χ1) is 11.0. The SMILES string of the molecule is CC.CC.CCC(=O)C=CC(CC)CC.Cc1cccc(P)c1. The zero-order valence-electron chi connectivity index (χ0n) is 16.6. The van der Waals surface area contributed by atoms with Crippen molar-refractivity contribution < 1.29 is 4.79 Å². The Morgan fingerprint density at radius 3 is 1.91 bits per heavy atom. The van der Waals surface area contributed by atoms with E-state index >= 15 is 0 Å². The number of rotatable bonds is 5. The van der Waals surface area contributed by atoms with Crippen LogP contribution in [0.25, 0.3) is 0 Å². The lowest BCUT2D eigenvalue weighted by Gasteiger charge is -2.03. The molecule has 1 unspecified atom stereocenters. The average Bonchev–Trinajstić information content (AvgIpc) is 2.59. The third-order valence-electron chi connectivity index (χ3n) is 2.99. The molecule has 0 heterocycles. The Bertz CT molecular complexity index is 375. The van der Waals surface area contributed by atoms with Crippen LogP contribution in [0.5, 0.6) is 0 Å². The van der Waals surface area contributed by atoms with E-state index in [-0.39, 0.29) is 5.78 Å². The molecule has 0 N–H and O–H groups in total. The Morgan fingerprint density at radius 1 is 1.09 bits per heavy atom. The van der Waals surface area contributed by atoms with E-state index in [1.165, 1.54) is 10.9 Å². The molecule has 0 saturated carbocycles. The molecule has 0 aliphatic heterocycles. The molecule has 0 saturated heterocycles. The molecule has 0 amide bonds. The van der Waals surface area contributed by atoms with Gasteiger partial charge < -0.3 is 0 Å². The zero-order chi connectivity index (χ0) is 18.7. The van der Waals surface area contributed by atoms with Crippen molar-refractivity contribution in [1.29, 1.82) is 0 Å². The summed E-state index contributed by atoms with van der Waals surface area (Å²) in [6.07, 6.45) is 6.63. The summed E-state index contributed by atoms with van der Waals surface area (Å²) in [5, 5.41) is 1.25. The van der Waals surface area contributed by atoms with Gasteiger partial charge in [-0.25, -0.2) is 0 Å². The normalized spacial score (nSPS) is 9.13. The van der Waals surface area contributed by atoms with E-state index in [1.54, 1.807) is 6.08 Å². The monoisotopic (exact) mass is 338 g/mol. The molecular weight excluding hydrogens is 299 g/mol. The standard InChI is InChI=1S/C10H18O.C7H9P.2C2H6/c1-4-9(5-2)7-8-10(11)6-3;1-6-3-2-4-7(8)5-6;2*1-2/h7-9H,4-6H2,1-3H3;2-5H,8H2,1H3;2*1-2H3. The fraction of sp³-hybridized carbons (Fsp3) is 0.571. The molecule has 0 fully saturated rings. The second kappa shape index (κ2) is 21.1. The Kier molecular flexibility index (Phi) is 24.7. The van der Waals surface area contributed by atoms with Crippen LogP contribution in [0.3, 0.4) is 0 Å². The first-order valence-electron chi connectivity index (χ1n) is 9.06. The first kappa shape index (κ1) is 26.9. The Balaban J connectivity index is -0.000000292. The lowest BCUT2D eigenvalue weighted by Crippen LogP contribution is -1.94. The topological polar surface area (TPSA) is 17.1 Å². The van der Waals surface area contributed by atoms with Crippen molar-refractivity contribution in [3.05, 3.63) is 42.0 Å². The van der Waals surface area contributed by atoms with Crippen molar-refractivity contribution >= 4 is 20.3 Å². The molecular formula is C21H39OP. The van der Waals surface area contributed by atoms with Crippen molar-refractivity contribution in [1.82, 2.24) is 0 Å². The van der Waals surface area contributed by atoms with Gasteiger partial charge in [0, 0.05) is 6.42 Å². The van der Waals surface area contributed by atoms with Crippen molar-refractivity contribution in [2.24, 2.45) is 5.92 Å². The highest BCUT2D eigenvalue weighted by molar-refractivity contribution is 7.27. The van der Waals surface area contributed by atoms with Gasteiger partial charge in [-0.3, -0.25) is 4.79 Å². The quantitative estimate of drug-likeness (QED) is 0.442. The number of hydrogen-bond donors (Lipinski definition) is 0. The summed E-state index contributed by atoms with van der Waals surface area (Å²) in [5.41, 5.74) is 1.32. The summed E-state index contributed by atoms with van der Waals surface area (Å²) >= 11 is 0. The molecule has 0 bridgehead atoms. The van der Waals surface area contributed by atoms with Gasteiger partial charge in [-0.15, -0.1) is 9.24 Å². The number of aryl methyl sites for hydroxylation is 1. The van der Waals surface area contributed by atoms with Gasteiger partial charge in [0.1, 0.15) is 0 Å². The number of ketones is 1. The smallest absolute Gasteiger partial charge is 0.155 e. The van der Waals surface area contributed by atoms with Gasteiger partial charge in [0.25, 0.3) is 0 Å². The van der Waals surface area contributed by atoms with Crippen molar-refractivity contribution in [3.63, 3.8) is 0 Å². The second-order valence-corrected chi connectivity index (χ2v) is 5.34. The van der Waals surface area contributed by atoms with E-state index in [0.29, 0.717) is 12.3 Å². The van der Waals surface area contributed by atoms with Gasteiger partial charge in [-0.05, 0) is 37.1 Å². The van der Waals surface area contributed by atoms with Crippen LogP contribution in [0.2, 0.25) is 0 Å². The van der Waals surface area contributed by atoms with E-state index in [9.17, 15) is 4.79 Å². The van der Waals surface area contributed by atoms with Crippen LogP contribution >= 0.6 is 9.24 Å². The van der Waals surface area contributed by atoms with Gasteiger partial charge in [0.05, 0.1) is 0 Å². The molecule has 134 valence electrons. The lowest BCUT2D eigenvalue weighted by molar-refractivity contribution is -0.114.